The molecule has 1 unspecified atom stereocenters. The molecule has 114 valence electrons. The third-order valence-corrected chi connectivity index (χ3v) is 4.10. The van der Waals surface area contributed by atoms with Crippen molar-refractivity contribution in [3.05, 3.63) is 46.7 Å². The van der Waals surface area contributed by atoms with Crippen molar-refractivity contribution in [3.63, 3.8) is 0 Å². The molecule has 0 heterocycles. The molecular weight excluding hydrogens is 284 g/mol. The van der Waals surface area contributed by atoms with Crippen LogP contribution in [0.1, 0.15) is 45.2 Å². The molecule has 1 aliphatic carbocycles. The van der Waals surface area contributed by atoms with E-state index < -0.39 is 4.87 Å². The van der Waals surface area contributed by atoms with E-state index in [0.717, 1.165) is 11.1 Å². The number of phenolic OH excluding ortho intramolecular Hbond substituents is 1. The number of benzene rings is 1. The first-order valence-corrected chi connectivity index (χ1v) is 7.54. The average molecular weight is 307 g/mol. The summed E-state index contributed by atoms with van der Waals surface area (Å²) in [5.41, 5.74) is 3.00. The quantitative estimate of drug-likeness (QED) is 0.687. The van der Waals surface area contributed by atoms with Crippen molar-refractivity contribution in [1.29, 1.82) is 0 Å². The molecule has 2 nitrogen and oxygen atoms in total. The van der Waals surface area contributed by atoms with Crippen LogP contribution in [0.2, 0.25) is 0 Å². The molecule has 0 spiro atoms. The van der Waals surface area contributed by atoms with Crippen LogP contribution in [0.3, 0.4) is 0 Å². The molecule has 2 N–H and O–H groups in total. The lowest BCUT2D eigenvalue weighted by Gasteiger charge is -2.34. The second-order valence-corrected chi connectivity index (χ2v) is 7.97. The molecule has 1 atom stereocenters. The summed E-state index contributed by atoms with van der Waals surface area (Å²) in [7, 11) is 0. The Morgan fingerprint density at radius 1 is 1.19 bits per heavy atom. The fraction of sp³-hybridized carbons (Fsp3) is 0.444. The lowest BCUT2D eigenvalue weighted by molar-refractivity contribution is 0.374. The molecule has 2 rings (SSSR count). The van der Waals surface area contributed by atoms with E-state index in [9.17, 15) is 10.2 Å². The second-order valence-electron chi connectivity index (χ2n) is 7.11. The summed E-state index contributed by atoms with van der Waals surface area (Å²) in [6.07, 6.45) is 2.44. The number of aliphatic hydroxyl groups is 1. The Kier molecular flexibility index (Phi) is 3.88. The largest absolute Gasteiger partial charge is 0.507 e. The van der Waals surface area contributed by atoms with Crippen LogP contribution in [0, 0.1) is 12.3 Å². The zero-order valence-corrected chi connectivity index (χ0v) is 14.0. The fourth-order valence-corrected chi connectivity index (χ4v) is 2.95. The van der Waals surface area contributed by atoms with Crippen molar-refractivity contribution in [2.24, 2.45) is 5.41 Å². The van der Waals surface area contributed by atoms with Crippen molar-refractivity contribution in [2.45, 2.75) is 45.9 Å². The summed E-state index contributed by atoms with van der Waals surface area (Å²) < 4.78 is 0. The predicted molar refractivity (Wildman–Crippen MR) is 88.8 cm³/mol. The van der Waals surface area contributed by atoms with Gasteiger partial charge in [-0.3, -0.25) is 0 Å². The molecule has 0 bridgehead atoms. The maximum Gasteiger partial charge on any atom is 0.123 e. The van der Waals surface area contributed by atoms with Gasteiger partial charge < -0.3 is 10.2 Å². The van der Waals surface area contributed by atoms with Crippen LogP contribution in [0.5, 0.6) is 5.75 Å². The highest BCUT2D eigenvalue weighted by molar-refractivity contribution is 6.26. The molecule has 1 aromatic carbocycles. The standard InChI is InChI=1S/C18H23ClO2/c1-11-6-7-15(20)12(8-11)13-9-18(5,19)10-14(16(13)21)17(2,3)4/h6-9,20-21H,10H2,1-5H3. The number of alkyl halides is 1. The molecule has 0 radical (unpaired) electrons. The minimum atomic E-state index is -0.569. The number of hydrogen-bond acceptors (Lipinski definition) is 2. The molecule has 0 saturated carbocycles. The monoisotopic (exact) mass is 306 g/mol. The van der Waals surface area contributed by atoms with E-state index in [1.54, 1.807) is 6.07 Å². The number of allylic oxidation sites excluding steroid dienone is 3. The third kappa shape index (κ3) is 3.26. The van der Waals surface area contributed by atoms with Crippen molar-refractivity contribution in [2.75, 3.05) is 0 Å². The van der Waals surface area contributed by atoms with Crippen molar-refractivity contribution in [3.8, 4) is 5.75 Å². The van der Waals surface area contributed by atoms with Crippen LogP contribution >= 0.6 is 11.6 Å². The van der Waals surface area contributed by atoms with Crippen LogP contribution in [0.4, 0.5) is 0 Å². The Morgan fingerprint density at radius 3 is 2.38 bits per heavy atom. The summed E-state index contributed by atoms with van der Waals surface area (Å²) in [6.45, 7) is 10.1. The van der Waals surface area contributed by atoms with Gasteiger partial charge >= 0.3 is 0 Å². The number of aliphatic hydroxyl groups excluding tert-OH is 1. The molecule has 21 heavy (non-hydrogen) atoms. The molecule has 1 aromatic rings. The van der Waals surface area contributed by atoms with Crippen LogP contribution < -0.4 is 0 Å². The van der Waals surface area contributed by atoms with E-state index in [4.69, 9.17) is 11.6 Å². The number of aromatic hydroxyl groups is 1. The van der Waals surface area contributed by atoms with Crippen LogP contribution in [0.15, 0.2) is 35.6 Å². The Hall–Kier alpha value is -1.41. The molecule has 0 aromatic heterocycles. The van der Waals surface area contributed by atoms with Crippen molar-refractivity contribution >= 4 is 17.2 Å². The molecule has 0 fully saturated rings. The van der Waals surface area contributed by atoms with Crippen LogP contribution in [0.25, 0.3) is 5.57 Å². The normalized spacial score (nSPS) is 23.2. The molecule has 0 aliphatic heterocycles. The second kappa shape index (κ2) is 5.10. The van der Waals surface area contributed by atoms with Crippen molar-refractivity contribution in [1.82, 2.24) is 0 Å². The highest BCUT2D eigenvalue weighted by Crippen LogP contribution is 2.46. The van der Waals surface area contributed by atoms with E-state index in [-0.39, 0.29) is 16.9 Å². The van der Waals surface area contributed by atoms with Gasteiger partial charge in [-0.05, 0) is 43.4 Å². The molecular formula is C18H23ClO2. The van der Waals surface area contributed by atoms with E-state index in [2.05, 4.69) is 20.8 Å². The number of rotatable bonds is 1. The van der Waals surface area contributed by atoms with Gasteiger partial charge in [0, 0.05) is 11.1 Å². The van der Waals surface area contributed by atoms with Crippen LogP contribution in [-0.2, 0) is 0 Å². The van der Waals surface area contributed by atoms with E-state index in [1.165, 1.54) is 0 Å². The Labute approximate surface area is 131 Å². The Morgan fingerprint density at radius 2 is 1.81 bits per heavy atom. The molecule has 1 aliphatic rings. The Bertz CT molecular complexity index is 631. The van der Waals surface area contributed by atoms with E-state index >= 15 is 0 Å². The van der Waals surface area contributed by atoms with Gasteiger partial charge in [0.25, 0.3) is 0 Å². The summed E-state index contributed by atoms with van der Waals surface area (Å²) in [5.74, 6) is 0.391. The minimum absolute atomic E-state index is 0.154. The first-order chi connectivity index (χ1) is 9.51. The highest BCUT2D eigenvalue weighted by atomic mass is 35.5. The summed E-state index contributed by atoms with van der Waals surface area (Å²) in [4.78, 5) is -0.569. The smallest absolute Gasteiger partial charge is 0.123 e. The number of halogens is 1. The molecule has 0 saturated heterocycles. The zero-order valence-electron chi connectivity index (χ0n) is 13.3. The first-order valence-electron chi connectivity index (χ1n) is 7.16. The zero-order chi connectivity index (χ0) is 16.0. The summed E-state index contributed by atoms with van der Waals surface area (Å²) >= 11 is 6.57. The van der Waals surface area contributed by atoms with Gasteiger partial charge in [-0.15, -0.1) is 11.6 Å². The van der Waals surface area contributed by atoms with Crippen LogP contribution in [-0.4, -0.2) is 15.1 Å². The highest BCUT2D eigenvalue weighted by Gasteiger charge is 2.35. The molecule has 0 amide bonds. The third-order valence-electron chi connectivity index (χ3n) is 3.86. The van der Waals surface area contributed by atoms with Crippen molar-refractivity contribution < 1.29 is 10.2 Å². The topological polar surface area (TPSA) is 40.5 Å². The fourth-order valence-electron chi connectivity index (χ4n) is 2.70. The summed E-state index contributed by atoms with van der Waals surface area (Å²) in [6, 6.07) is 5.36. The maximum atomic E-state index is 10.7. The lowest BCUT2D eigenvalue weighted by atomic mass is 9.75. The number of phenols is 1. The molecule has 3 heteroatoms. The van der Waals surface area contributed by atoms with E-state index in [1.807, 2.05) is 32.1 Å². The average Bonchev–Trinajstić information content (AvgIpc) is 2.33. The number of hydrogen-bond donors (Lipinski definition) is 2. The van der Waals surface area contributed by atoms with Gasteiger partial charge in [0.2, 0.25) is 0 Å². The Balaban J connectivity index is 2.67. The summed E-state index contributed by atoms with van der Waals surface area (Å²) in [5, 5.41) is 20.9. The first kappa shape index (κ1) is 16.0. The van der Waals surface area contributed by atoms with Gasteiger partial charge in [0.05, 0.1) is 4.87 Å². The van der Waals surface area contributed by atoms with E-state index in [0.29, 0.717) is 17.6 Å². The minimum Gasteiger partial charge on any atom is -0.507 e. The van der Waals surface area contributed by atoms with Gasteiger partial charge in [-0.25, -0.2) is 0 Å². The van der Waals surface area contributed by atoms with Gasteiger partial charge in [-0.1, -0.05) is 38.5 Å². The SMILES string of the molecule is Cc1ccc(O)c(C2=CC(C)(Cl)CC(C(C)(C)C)=C2O)c1. The maximum absolute atomic E-state index is 10.7. The van der Waals surface area contributed by atoms with Gasteiger partial charge in [0.15, 0.2) is 0 Å². The predicted octanol–water partition coefficient (Wildman–Crippen LogP) is 5.34. The number of aryl methyl sites for hydroxylation is 1. The van der Waals surface area contributed by atoms with Gasteiger partial charge in [-0.2, -0.15) is 0 Å². The van der Waals surface area contributed by atoms with Gasteiger partial charge in [0.1, 0.15) is 11.5 Å². The lowest BCUT2D eigenvalue weighted by Crippen LogP contribution is -2.26.